The van der Waals surface area contributed by atoms with Gasteiger partial charge < -0.3 is 14.7 Å². The number of aromatic nitrogens is 4. The van der Waals surface area contributed by atoms with Crippen LogP contribution >= 0.6 is 0 Å². The van der Waals surface area contributed by atoms with Gasteiger partial charge in [0.2, 0.25) is 10.0 Å². The maximum absolute atomic E-state index is 13.4. The quantitative estimate of drug-likeness (QED) is 0.482. The first-order chi connectivity index (χ1) is 18.1. The second-order valence-electron chi connectivity index (χ2n) is 11.1. The monoisotopic (exact) mass is 546 g/mol. The number of sulfonamides is 1. The number of hydrogen-bond acceptors (Lipinski definition) is 8. The van der Waals surface area contributed by atoms with Crippen molar-refractivity contribution in [2.24, 2.45) is 11.3 Å². The van der Waals surface area contributed by atoms with E-state index < -0.39 is 16.4 Å². The summed E-state index contributed by atoms with van der Waals surface area (Å²) >= 11 is 0. The molecular formula is C25H32F2N8O2S. The van der Waals surface area contributed by atoms with Crippen LogP contribution < -0.4 is 14.5 Å². The number of piperidine rings is 1. The van der Waals surface area contributed by atoms with Crippen molar-refractivity contribution in [3.63, 3.8) is 0 Å². The van der Waals surface area contributed by atoms with E-state index in [9.17, 15) is 17.2 Å². The number of rotatable bonds is 7. The summed E-state index contributed by atoms with van der Waals surface area (Å²) in [5.74, 6) is 1.79. The van der Waals surface area contributed by atoms with Gasteiger partial charge in [-0.1, -0.05) is 0 Å². The molecule has 3 aromatic rings. The number of halogens is 2. The van der Waals surface area contributed by atoms with Crippen LogP contribution in [-0.2, 0) is 10.0 Å². The molecule has 0 bridgehead atoms. The van der Waals surface area contributed by atoms with Crippen LogP contribution in [0, 0.1) is 11.3 Å². The molecule has 0 aliphatic carbocycles. The molecule has 13 heteroatoms. The molecule has 10 nitrogen and oxygen atoms in total. The summed E-state index contributed by atoms with van der Waals surface area (Å²) in [5, 5.41) is 4.16. The van der Waals surface area contributed by atoms with Crippen molar-refractivity contribution in [1.29, 1.82) is 0 Å². The Morgan fingerprint density at radius 1 is 1.13 bits per heavy atom. The van der Waals surface area contributed by atoms with Crippen molar-refractivity contribution < 1.29 is 17.2 Å². The zero-order chi connectivity index (χ0) is 26.7. The molecule has 0 aromatic carbocycles. The minimum atomic E-state index is -3.26. The third-order valence-corrected chi connectivity index (χ3v) is 8.46. The van der Waals surface area contributed by atoms with Crippen molar-refractivity contribution in [2.45, 2.75) is 19.3 Å². The third kappa shape index (κ3) is 4.94. The fraction of sp³-hybridized carbons (Fsp3) is 0.560. The SMILES string of the molecule is CN1CC2(C1)CN(c1cc(-c3cnc4ccc(C(F)F)nn34)cc(N3CCCC(CNS(C)(=O)=O)C3)n1)C2. The summed E-state index contributed by atoms with van der Waals surface area (Å²) < 4.78 is 54.2. The van der Waals surface area contributed by atoms with E-state index in [0.717, 1.165) is 62.8 Å². The van der Waals surface area contributed by atoms with E-state index in [0.29, 0.717) is 29.8 Å². The van der Waals surface area contributed by atoms with E-state index >= 15 is 0 Å². The van der Waals surface area contributed by atoms with Gasteiger partial charge in [-0.15, -0.1) is 0 Å². The molecule has 3 saturated heterocycles. The number of fused-ring (bicyclic) bond motifs is 1. The van der Waals surface area contributed by atoms with Crippen LogP contribution in [0.5, 0.6) is 0 Å². The Labute approximate surface area is 220 Å². The van der Waals surface area contributed by atoms with E-state index in [1.54, 1.807) is 12.3 Å². The zero-order valence-electron chi connectivity index (χ0n) is 21.5. The maximum Gasteiger partial charge on any atom is 0.282 e. The lowest BCUT2D eigenvalue weighted by atomic mass is 9.73. The molecule has 1 atom stereocenters. The van der Waals surface area contributed by atoms with Gasteiger partial charge in [0, 0.05) is 56.8 Å². The maximum atomic E-state index is 13.4. The molecule has 3 aliphatic rings. The Kier molecular flexibility index (Phi) is 6.27. The van der Waals surface area contributed by atoms with Gasteiger partial charge in [-0.2, -0.15) is 5.10 Å². The molecule has 3 aromatic heterocycles. The summed E-state index contributed by atoms with van der Waals surface area (Å²) in [6.45, 7) is 5.87. The molecular weight excluding hydrogens is 514 g/mol. The standard InChI is InChI=1S/C25H32F2N8O2S/c1-32-13-25(14-32)15-34(16-25)23-9-18(20-11-28-21-6-5-19(24(26)27)31-35(20)21)8-22(30-23)33-7-3-4-17(12-33)10-29-38(2,36)37/h5-6,8-9,11,17,24,29H,3-4,7,10,12-16H2,1-2H3. The highest BCUT2D eigenvalue weighted by molar-refractivity contribution is 7.88. The van der Waals surface area contributed by atoms with E-state index in [1.165, 1.54) is 16.8 Å². The van der Waals surface area contributed by atoms with Gasteiger partial charge >= 0.3 is 0 Å². The Morgan fingerprint density at radius 2 is 1.87 bits per heavy atom. The molecule has 204 valence electrons. The lowest BCUT2D eigenvalue weighted by Gasteiger charge is -2.60. The average molecular weight is 547 g/mol. The molecule has 1 N–H and O–H groups in total. The van der Waals surface area contributed by atoms with Crippen LogP contribution in [0.1, 0.15) is 25.0 Å². The first-order valence-corrected chi connectivity index (χ1v) is 14.8. The number of likely N-dealkylation sites (tertiary alicyclic amines) is 1. The molecule has 1 unspecified atom stereocenters. The first kappa shape index (κ1) is 25.4. The van der Waals surface area contributed by atoms with Gasteiger partial charge in [0.05, 0.1) is 18.1 Å². The molecule has 1 spiro atoms. The van der Waals surface area contributed by atoms with E-state index in [1.807, 2.05) is 12.1 Å². The molecule has 0 amide bonds. The highest BCUT2D eigenvalue weighted by Gasteiger charge is 2.50. The van der Waals surface area contributed by atoms with E-state index in [4.69, 9.17) is 4.98 Å². The van der Waals surface area contributed by atoms with Crippen LogP contribution in [-0.4, -0.2) is 92.0 Å². The third-order valence-electron chi connectivity index (χ3n) is 7.76. The normalized spacial score (nSPS) is 21.8. The van der Waals surface area contributed by atoms with Gasteiger partial charge in [-0.3, -0.25) is 0 Å². The molecule has 0 radical (unpaired) electrons. The van der Waals surface area contributed by atoms with Crippen LogP contribution in [0.25, 0.3) is 16.9 Å². The van der Waals surface area contributed by atoms with Crippen LogP contribution in [0.3, 0.4) is 0 Å². The van der Waals surface area contributed by atoms with Crippen molar-refractivity contribution in [1.82, 2.24) is 29.2 Å². The van der Waals surface area contributed by atoms with Gasteiger partial charge in [-0.25, -0.2) is 36.4 Å². The topological polar surface area (TPSA) is 99.0 Å². The first-order valence-electron chi connectivity index (χ1n) is 12.9. The number of hydrogen-bond donors (Lipinski definition) is 1. The minimum Gasteiger partial charge on any atom is -0.356 e. The van der Waals surface area contributed by atoms with Crippen molar-refractivity contribution in [2.75, 3.05) is 68.9 Å². The smallest absolute Gasteiger partial charge is 0.282 e. The Hall–Kier alpha value is -2.90. The van der Waals surface area contributed by atoms with Gasteiger partial charge in [-0.05, 0) is 50.1 Å². The zero-order valence-corrected chi connectivity index (χ0v) is 22.3. The highest BCUT2D eigenvalue weighted by Crippen LogP contribution is 2.42. The van der Waals surface area contributed by atoms with E-state index in [-0.39, 0.29) is 11.6 Å². The average Bonchev–Trinajstić information content (AvgIpc) is 3.27. The van der Waals surface area contributed by atoms with Crippen LogP contribution in [0.4, 0.5) is 20.4 Å². The number of anilines is 2. The van der Waals surface area contributed by atoms with Gasteiger partial charge in [0.1, 0.15) is 17.3 Å². The predicted octanol–water partition coefficient (Wildman–Crippen LogP) is 2.25. The highest BCUT2D eigenvalue weighted by atomic mass is 32.2. The van der Waals surface area contributed by atoms with Gasteiger partial charge in [0.25, 0.3) is 6.43 Å². The molecule has 6 rings (SSSR count). The van der Waals surface area contributed by atoms with Crippen molar-refractivity contribution in [3.05, 3.63) is 36.2 Å². The lowest BCUT2D eigenvalue weighted by Crippen LogP contribution is -2.71. The molecule has 0 saturated carbocycles. The minimum absolute atomic E-state index is 0.163. The van der Waals surface area contributed by atoms with Crippen molar-refractivity contribution in [3.8, 4) is 11.3 Å². The number of nitrogens with one attached hydrogen (secondary N) is 1. The Morgan fingerprint density at radius 3 is 2.55 bits per heavy atom. The fourth-order valence-electron chi connectivity index (χ4n) is 6.11. The largest absolute Gasteiger partial charge is 0.356 e. The second kappa shape index (κ2) is 9.38. The Balaban J connectivity index is 1.34. The summed E-state index contributed by atoms with van der Waals surface area (Å²) in [6.07, 6.45) is 2.01. The van der Waals surface area contributed by atoms with Crippen LogP contribution in [0.15, 0.2) is 30.5 Å². The van der Waals surface area contributed by atoms with Crippen molar-refractivity contribution >= 4 is 27.3 Å². The van der Waals surface area contributed by atoms with E-state index in [2.05, 4.69) is 36.6 Å². The fourth-order valence-corrected chi connectivity index (χ4v) is 6.65. The molecule has 3 aliphatic heterocycles. The number of alkyl halides is 2. The Bertz CT molecular complexity index is 1450. The summed E-state index contributed by atoms with van der Waals surface area (Å²) in [4.78, 5) is 16.2. The predicted molar refractivity (Wildman–Crippen MR) is 141 cm³/mol. The van der Waals surface area contributed by atoms with Gasteiger partial charge in [0.15, 0.2) is 5.65 Å². The number of nitrogens with zero attached hydrogens (tertiary/aromatic N) is 7. The number of pyridine rings is 1. The lowest BCUT2D eigenvalue weighted by molar-refractivity contribution is -0.00278. The summed E-state index contributed by atoms with van der Waals surface area (Å²) in [7, 11) is -1.14. The second-order valence-corrected chi connectivity index (χ2v) is 13.0. The van der Waals surface area contributed by atoms with Crippen LogP contribution in [0.2, 0.25) is 0 Å². The number of imidazole rings is 1. The molecule has 38 heavy (non-hydrogen) atoms. The molecule has 3 fully saturated rings. The summed E-state index contributed by atoms with van der Waals surface area (Å²) in [6, 6.07) is 6.80. The molecule has 6 heterocycles. The summed E-state index contributed by atoms with van der Waals surface area (Å²) in [5.41, 5.74) is 1.94.